The minimum atomic E-state index is -0.376. The normalized spacial score (nSPS) is 13.5. The van der Waals surface area contributed by atoms with Gasteiger partial charge >= 0.3 is 0 Å². The second-order valence-corrected chi connectivity index (χ2v) is 8.11. The van der Waals surface area contributed by atoms with Crippen molar-refractivity contribution < 1.29 is 19.1 Å². The van der Waals surface area contributed by atoms with E-state index in [4.69, 9.17) is 4.74 Å². The zero-order valence-electron chi connectivity index (χ0n) is 19.4. The number of ether oxygens (including phenoxy) is 1. The molecule has 2 heterocycles. The highest BCUT2D eigenvalue weighted by molar-refractivity contribution is 6.05. The highest BCUT2D eigenvalue weighted by Gasteiger charge is 2.18. The van der Waals surface area contributed by atoms with E-state index in [0.29, 0.717) is 48.8 Å². The van der Waals surface area contributed by atoms with Crippen LogP contribution in [0.15, 0.2) is 72.9 Å². The largest absolute Gasteiger partial charge is 0.378 e. The van der Waals surface area contributed by atoms with E-state index in [0.717, 1.165) is 11.3 Å². The summed E-state index contributed by atoms with van der Waals surface area (Å²) in [5.41, 5.74) is 3.42. The van der Waals surface area contributed by atoms with Gasteiger partial charge in [0, 0.05) is 36.6 Å². The van der Waals surface area contributed by atoms with Crippen molar-refractivity contribution in [3.05, 3.63) is 95.2 Å². The summed E-state index contributed by atoms with van der Waals surface area (Å²) in [5.74, 6) is -0.375. The summed E-state index contributed by atoms with van der Waals surface area (Å²) >= 11 is 0. The van der Waals surface area contributed by atoms with Crippen LogP contribution in [-0.2, 0) is 9.53 Å². The summed E-state index contributed by atoms with van der Waals surface area (Å²) < 4.78 is 5.27. The van der Waals surface area contributed by atoms with Gasteiger partial charge in [-0.15, -0.1) is 0 Å². The summed E-state index contributed by atoms with van der Waals surface area (Å²) in [6.07, 6.45) is 4.44. The molecule has 178 valence electrons. The van der Waals surface area contributed by atoms with Crippen LogP contribution in [0.3, 0.4) is 0 Å². The van der Waals surface area contributed by atoms with Gasteiger partial charge in [-0.3, -0.25) is 14.4 Å². The minimum absolute atomic E-state index is 0.107. The van der Waals surface area contributed by atoms with Gasteiger partial charge in [0.15, 0.2) is 0 Å². The Bertz CT molecular complexity index is 1250. The Morgan fingerprint density at radius 2 is 1.74 bits per heavy atom. The first-order chi connectivity index (χ1) is 17.0. The van der Waals surface area contributed by atoms with Gasteiger partial charge in [0.05, 0.1) is 18.8 Å². The summed E-state index contributed by atoms with van der Waals surface area (Å²) in [5, 5.41) is 5.55. The molecule has 8 nitrogen and oxygen atoms in total. The molecule has 0 atom stereocenters. The molecule has 0 unspecified atom stereocenters. The SMILES string of the molecule is Cc1cccc(NC(=O)c2cccc(/C=C/C(=O)Nc3ccc(C(=O)N4CCOCC4)cn3)c2)c1. The quantitative estimate of drug-likeness (QED) is 0.534. The Morgan fingerprint density at radius 3 is 2.49 bits per heavy atom. The third kappa shape index (κ3) is 6.61. The average Bonchev–Trinajstić information content (AvgIpc) is 2.88. The fourth-order valence-corrected chi connectivity index (χ4v) is 3.59. The number of morpholine rings is 1. The van der Waals surface area contributed by atoms with Gasteiger partial charge in [-0.05, 0) is 60.5 Å². The second-order valence-electron chi connectivity index (χ2n) is 8.11. The molecule has 1 saturated heterocycles. The fraction of sp³-hybridized carbons (Fsp3) is 0.185. The molecule has 4 rings (SSSR count). The van der Waals surface area contributed by atoms with Gasteiger partial charge < -0.3 is 20.3 Å². The number of benzene rings is 2. The zero-order valence-corrected chi connectivity index (χ0v) is 19.4. The third-order valence-corrected chi connectivity index (χ3v) is 5.41. The molecule has 1 aliphatic rings. The predicted molar refractivity (Wildman–Crippen MR) is 134 cm³/mol. The van der Waals surface area contributed by atoms with Crippen LogP contribution in [0.1, 0.15) is 31.8 Å². The molecule has 8 heteroatoms. The molecule has 1 aromatic heterocycles. The van der Waals surface area contributed by atoms with Crippen LogP contribution >= 0.6 is 0 Å². The Balaban J connectivity index is 1.34. The van der Waals surface area contributed by atoms with Gasteiger partial charge in [0.1, 0.15) is 5.82 Å². The number of nitrogens with zero attached hydrogens (tertiary/aromatic N) is 2. The van der Waals surface area contributed by atoms with Crippen molar-refractivity contribution in [2.24, 2.45) is 0 Å². The molecule has 0 radical (unpaired) electrons. The van der Waals surface area contributed by atoms with Crippen LogP contribution in [0.25, 0.3) is 6.08 Å². The maximum Gasteiger partial charge on any atom is 0.255 e. The molecule has 3 aromatic rings. The molecule has 1 fully saturated rings. The molecule has 35 heavy (non-hydrogen) atoms. The van der Waals surface area contributed by atoms with Gasteiger partial charge in [0.2, 0.25) is 5.91 Å². The van der Waals surface area contributed by atoms with Crippen LogP contribution in [0.4, 0.5) is 11.5 Å². The number of aromatic nitrogens is 1. The van der Waals surface area contributed by atoms with Crippen LogP contribution in [0.2, 0.25) is 0 Å². The molecule has 3 amide bonds. The Labute approximate surface area is 203 Å². The van der Waals surface area contributed by atoms with Crippen molar-refractivity contribution in [2.75, 3.05) is 36.9 Å². The molecule has 0 saturated carbocycles. The van der Waals surface area contributed by atoms with Crippen molar-refractivity contribution >= 4 is 35.3 Å². The van der Waals surface area contributed by atoms with Crippen LogP contribution in [0, 0.1) is 6.92 Å². The highest BCUT2D eigenvalue weighted by atomic mass is 16.5. The number of amides is 3. The summed E-state index contributed by atoms with van der Waals surface area (Å²) in [4.78, 5) is 43.3. The van der Waals surface area contributed by atoms with E-state index >= 15 is 0 Å². The second kappa shape index (κ2) is 11.2. The number of rotatable bonds is 6. The summed E-state index contributed by atoms with van der Waals surface area (Å²) in [7, 11) is 0. The summed E-state index contributed by atoms with van der Waals surface area (Å²) in [6, 6.07) is 17.8. The maximum atomic E-state index is 12.6. The van der Waals surface area contributed by atoms with Crippen molar-refractivity contribution in [1.82, 2.24) is 9.88 Å². The van der Waals surface area contributed by atoms with E-state index in [9.17, 15) is 14.4 Å². The topological polar surface area (TPSA) is 101 Å². The maximum absolute atomic E-state index is 12.6. The van der Waals surface area contributed by atoms with E-state index in [1.54, 1.807) is 47.4 Å². The van der Waals surface area contributed by atoms with Crippen molar-refractivity contribution in [1.29, 1.82) is 0 Å². The summed E-state index contributed by atoms with van der Waals surface area (Å²) in [6.45, 7) is 4.12. The lowest BCUT2D eigenvalue weighted by Gasteiger charge is -2.26. The lowest BCUT2D eigenvalue weighted by Crippen LogP contribution is -2.40. The minimum Gasteiger partial charge on any atom is -0.378 e. The van der Waals surface area contributed by atoms with Gasteiger partial charge in [-0.1, -0.05) is 24.3 Å². The number of hydrogen-bond acceptors (Lipinski definition) is 5. The van der Waals surface area contributed by atoms with Gasteiger partial charge in [0.25, 0.3) is 11.8 Å². The van der Waals surface area contributed by atoms with Gasteiger partial charge in [-0.2, -0.15) is 0 Å². The number of anilines is 2. The first-order valence-electron chi connectivity index (χ1n) is 11.3. The molecule has 1 aliphatic heterocycles. The Kier molecular flexibility index (Phi) is 7.64. The van der Waals surface area contributed by atoms with E-state index in [2.05, 4.69) is 15.6 Å². The smallest absolute Gasteiger partial charge is 0.255 e. The molecule has 0 aliphatic carbocycles. The van der Waals surface area contributed by atoms with Crippen molar-refractivity contribution in [2.45, 2.75) is 6.92 Å². The van der Waals surface area contributed by atoms with Crippen molar-refractivity contribution in [3.8, 4) is 0 Å². The third-order valence-electron chi connectivity index (χ3n) is 5.41. The number of hydrogen-bond donors (Lipinski definition) is 2. The Hall–Kier alpha value is -4.30. The molecule has 2 N–H and O–H groups in total. The highest BCUT2D eigenvalue weighted by Crippen LogP contribution is 2.14. The Morgan fingerprint density at radius 1 is 0.943 bits per heavy atom. The van der Waals surface area contributed by atoms with Crippen molar-refractivity contribution in [3.63, 3.8) is 0 Å². The van der Waals surface area contributed by atoms with Gasteiger partial charge in [-0.25, -0.2) is 4.98 Å². The number of pyridine rings is 1. The molecule has 2 aromatic carbocycles. The lowest BCUT2D eigenvalue weighted by atomic mass is 10.1. The number of carbonyl (C=O) groups is 3. The molecular formula is C27H26N4O4. The van der Waals surface area contributed by atoms with Crippen LogP contribution in [-0.4, -0.2) is 53.9 Å². The average molecular weight is 471 g/mol. The van der Waals surface area contributed by atoms with Crippen LogP contribution < -0.4 is 10.6 Å². The number of carbonyl (C=O) groups excluding carboxylic acids is 3. The number of aryl methyl sites for hydroxylation is 1. The predicted octanol–water partition coefficient (Wildman–Crippen LogP) is 3.77. The first kappa shape index (κ1) is 23.8. The first-order valence-corrected chi connectivity index (χ1v) is 11.3. The molecule has 0 spiro atoms. The van der Waals surface area contributed by atoms with E-state index in [1.807, 2.05) is 31.2 Å². The zero-order chi connectivity index (χ0) is 24.6. The standard InChI is InChI=1S/C27H26N4O4/c1-19-4-2-7-23(16-19)29-26(33)21-6-3-5-20(17-21)8-11-25(32)30-24-10-9-22(18-28-24)27(34)31-12-14-35-15-13-31/h2-11,16-18H,12-15H2,1H3,(H,29,33)(H,28,30,32)/b11-8+. The monoisotopic (exact) mass is 470 g/mol. The lowest BCUT2D eigenvalue weighted by molar-refractivity contribution is -0.111. The van der Waals surface area contributed by atoms with E-state index in [1.165, 1.54) is 12.3 Å². The van der Waals surface area contributed by atoms with E-state index < -0.39 is 0 Å². The van der Waals surface area contributed by atoms with E-state index in [-0.39, 0.29) is 17.7 Å². The fourth-order valence-electron chi connectivity index (χ4n) is 3.59. The molecule has 0 bridgehead atoms. The molecular weight excluding hydrogens is 444 g/mol. The number of nitrogens with one attached hydrogen (secondary N) is 2. The van der Waals surface area contributed by atoms with Crippen LogP contribution in [0.5, 0.6) is 0 Å².